The van der Waals surface area contributed by atoms with E-state index >= 15 is 0 Å². The van der Waals surface area contributed by atoms with Gasteiger partial charge < -0.3 is 14.2 Å². The van der Waals surface area contributed by atoms with Gasteiger partial charge in [-0.3, -0.25) is 4.79 Å². The number of hydrogen-bond acceptors (Lipinski definition) is 7. The van der Waals surface area contributed by atoms with Crippen molar-refractivity contribution in [1.29, 1.82) is 0 Å². The van der Waals surface area contributed by atoms with Crippen LogP contribution in [0.15, 0.2) is 29.2 Å². The van der Waals surface area contributed by atoms with E-state index in [-0.39, 0.29) is 39.2 Å². The summed E-state index contributed by atoms with van der Waals surface area (Å²) in [6.07, 6.45) is 1.55. The standard InChI is InChI=1S/C19H18Cl2N4O4/c1-9(2)11-7-15(24-25-17(11)26)29-16-13(20)5-10(6-14(16)21)12-8-22-19(28-4)23-18(12)27-3/h5-9H,1-4H3,(H,25,26). The minimum atomic E-state index is -0.272. The molecule has 0 saturated carbocycles. The van der Waals surface area contributed by atoms with Crippen LogP contribution in [-0.2, 0) is 0 Å². The minimum Gasteiger partial charge on any atom is -0.480 e. The van der Waals surface area contributed by atoms with Crippen molar-refractivity contribution in [3.63, 3.8) is 0 Å². The van der Waals surface area contributed by atoms with Gasteiger partial charge in [0.2, 0.25) is 11.8 Å². The zero-order valence-corrected chi connectivity index (χ0v) is 17.6. The average molecular weight is 437 g/mol. The quantitative estimate of drug-likeness (QED) is 0.608. The van der Waals surface area contributed by atoms with Crippen LogP contribution in [0.25, 0.3) is 11.1 Å². The van der Waals surface area contributed by atoms with E-state index in [1.165, 1.54) is 14.2 Å². The highest BCUT2D eigenvalue weighted by molar-refractivity contribution is 6.37. The zero-order valence-electron chi connectivity index (χ0n) is 16.1. The Hall–Kier alpha value is -2.84. The fraction of sp³-hybridized carbons (Fsp3) is 0.263. The average Bonchev–Trinajstić information content (AvgIpc) is 2.70. The molecular weight excluding hydrogens is 419 g/mol. The Labute approximate surface area is 176 Å². The van der Waals surface area contributed by atoms with Crippen LogP contribution in [0.4, 0.5) is 0 Å². The highest BCUT2D eigenvalue weighted by Crippen LogP contribution is 2.41. The second-order valence-corrected chi connectivity index (χ2v) is 7.11. The predicted molar refractivity (Wildman–Crippen MR) is 110 cm³/mol. The number of halogens is 2. The van der Waals surface area contributed by atoms with Gasteiger partial charge in [-0.1, -0.05) is 37.0 Å². The van der Waals surface area contributed by atoms with Crippen LogP contribution in [0, 0.1) is 0 Å². The second kappa shape index (κ2) is 8.67. The van der Waals surface area contributed by atoms with E-state index < -0.39 is 0 Å². The molecule has 29 heavy (non-hydrogen) atoms. The third kappa shape index (κ3) is 4.44. The molecule has 3 aromatic rings. The summed E-state index contributed by atoms with van der Waals surface area (Å²) in [4.78, 5) is 20.1. The SMILES string of the molecule is COc1ncc(-c2cc(Cl)c(Oc3cc(C(C)C)c(=O)[nH]n3)c(Cl)c2)c(OC)n1. The van der Waals surface area contributed by atoms with Crippen molar-refractivity contribution in [2.45, 2.75) is 19.8 Å². The van der Waals surface area contributed by atoms with Crippen molar-refractivity contribution in [2.75, 3.05) is 14.2 Å². The molecule has 10 heteroatoms. The monoisotopic (exact) mass is 436 g/mol. The number of benzene rings is 1. The number of H-pyrrole nitrogens is 1. The number of aromatic amines is 1. The molecule has 0 unspecified atom stereocenters. The molecule has 0 aliphatic carbocycles. The van der Waals surface area contributed by atoms with E-state index in [1.807, 2.05) is 13.8 Å². The Kier molecular flexibility index (Phi) is 6.24. The zero-order chi connectivity index (χ0) is 21.1. The molecule has 0 atom stereocenters. The number of methoxy groups -OCH3 is 2. The van der Waals surface area contributed by atoms with E-state index in [2.05, 4.69) is 20.2 Å². The van der Waals surface area contributed by atoms with Crippen molar-refractivity contribution in [3.8, 4) is 34.6 Å². The van der Waals surface area contributed by atoms with Gasteiger partial charge in [-0.15, -0.1) is 5.10 Å². The van der Waals surface area contributed by atoms with Crippen LogP contribution in [-0.4, -0.2) is 34.4 Å². The van der Waals surface area contributed by atoms with Crippen LogP contribution < -0.4 is 19.8 Å². The molecule has 0 fully saturated rings. The maximum Gasteiger partial charge on any atom is 0.319 e. The molecular formula is C19H18Cl2N4O4. The maximum atomic E-state index is 11.8. The fourth-order valence-corrected chi connectivity index (χ4v) is 3.17. The van der Waals surface area contributed by atoms with Crippen molar-refractivity contribution in [1.82, 2.24) is 20.2 Å². The minimum absolute atomic E-state index is 0.0000400. The summed E-state index contributed by atoms with van der Waals surface area (Å²) in [5.74, 6) is 0.691. The van der Waals surface area contributed by atoms with Crippen LogP contribution in [0.5, 0.6) is 23.5 Å². The fourth-order valence-electron chi connectivity index (χ4n) is 2.60. The van der Waals surface area contributed by atoms with E-state index in [1.54, 1.807) is 24.4 Å². The lowest BCUT2D eigenvalue weighted by atomic mass is 10.1. The van der Waals surface area contributed by atoms with Crippen molar-refractivity contribution >= 4 is 23.2 Å². The van der Waals surface area contributed by atoms with Gasteiger partial charge in [-0.05, 0) is 23.6 Å². The number of aromatic nitrogens is 4. The first-order valence-corrected chi connectivity index (χ1v) is 9.31. The van der Waals surface area contributed by atoms with Gasteiger partial charge in [0, 0.05) is 17.8 Å². The van der Waals surface area contributed by atoms with Gasteiger partial charge in [-0.2, -0.15) is 4.98 Å². The molecule has 0 spiro atoms. The molecule has 8 nitrogen and oxygen atoms in total. The smallest absolute Gasteiger partial charge is 0.319 e. The number of nitrogens with zero attached hydrogens (tertiary/aromatic N) is 3. The molecule has 0 radical (unpaired) electrons. The number of nitrogens with one attached hydrogen (secondary N) is 1. The summed E-state index contributed by atoms with van der Waals surface area (Å²) in [6, 6.07) is 5.02. The van der Waals surface area contributed by atoms with Gasteiger partial charge in [0.25, 0.3) is 5.56 Å². The van der Waals surface area contributed by atoms with Crippen molar-refractivity contribution in [3.05, 3.63) is 50.4 Å². The highest BCUT2D eigenvalue weighted by atomic mass is 35.5. The summed E-state index contributed by atoms with van der Waals surface area (Å²) in [6.45, 7) is 3.79. The largest absolute Gasteiger partial charge is 0.480 e. The molecule has 0 amide bonds. The van der Waals surface area contributed by atoms with Gasteiger partial charge in [-0.25, -0.2) is 10.1 Å². The summed E-state index contributed by atoms with van der Waals surface area (Å²) in [5, 5.41) is 6.79. The summed E-state index contributed by atoms with van der Waals surface area (Å²) in [7, 11) is 2.95. The lowest BCUT2D eigenvalue weighted by Gasteiger charge is -2.13. The van der Waals surface area contributed by atoms with Crippen LogP contribution >= 0.6 is 23.2 Å². The van der Waals surface area contributed by atoms with Crippen molar-refractivity contribution in [2.24, 2.45) is 0 Å². The second-order valence-electron chi connectivity index (χ2n) is 6.30. The first kappa shape index (κ1) is 20.9. The third-order valence-electron chi connectivity index (χ3n) is 4.05. The van der Waals surface area contributed by atoms with Gasteiger partial charge in [0.05, 0.1) is 29.8 Å². The molecule has 0 aliphatic heterocycles. The Balaban J connectivity index is 1.99. The van der Waals surface area contributed by atoms with E-state index in [0.29, 0.717) is 22.6 Å². The van der Waals surface area contributed by atoms with Gasteiger partial charge in [0.15, 0.2) is 5.75 Å². The summed E-state index contributed by atoms with van der Waals surface area (Å²) in [5.41, 5.74) is 1.47. The summed E-state index contributed by atoms with van der Waals surface area (Å²) < 4.78 is 16.1. The lowest BCUT2D eigenvalue weighted by molar-refractivity contribution is 0.353. The van der Waals surface area contributed by atoms with Gasteiger partial charge in [0.1, 0.15) is 0 Å². The van der Waals surface area contributed by atoms with Crippen LogP contribution in [0.1, 0.15) is 25.3 Å². The van der Waals surface area contributed by atoms with Gasteiger partial charge >= 0.3 is 6.01 Å². The lowest BCUT2D eigenvalue weighted by Crippen LogP contribution is -2.15. The molecule has 0 bridgehead atoms. The molecule has 0 aliphatic rings. The number of hydrogen-bond donors (Lipinski definition) is 1. The molecule has 3 rings (SSSR count). The molecule has 2 aromatic heterocycles. The Morgan fingerprint density at radius 2 is 1.76 bits per heavy atom. The molecule has 1 N–H and O–H groups in total. The van der Waals surface area contributed by atoms with E-state index in [9.17, 15) is 4.79 Å². The predicted octanol–water partition coefficient (Wildman–Crippen LogP) is 4.47. The van der Waals surface area contributed by atoms with Crippen molar-refractivity contribution < 1.29 is 14.2 Å². The number of ether oxygens (including phenoxy) is 3. The normalized spacial score (nSPS) is 10.9. The Bertz CT molecular complexity index is 1080. The molecule has 2 heterocycles. The topological polar surface area (TPSA) is 99.2 Å². The Morgan fingerprint density at radius 3 is 2.34 bits per heavy atom. The van der Waals surface area contributed by atoms with E-state index in [0.717, 1.165) is 0 Å². The Morgan fingerprint density at radius 1 is 1.07 bits per heavy atom. The summed E-state index contributed by atoms with van der Waals surface area (Å²) >= 11 is 12.8. The third-order valence-corrected chi connectivity index (χ3v) is 4.62. The molecule has 0 saturated heterocycles. The highest BCUT2D eigenvalue weighted by Gasteiger charge is 2.17. The van der Waals surface area contributed by atoms with Crippen LogP contribution in [0.3, 0.4) is 0 Å². The molecule has 152 valence electrons. The number of rotatable bonds is 6. The van der Waals surface area contributed by atoms with E-state index in [4.69, 9.17) is 37.4 Å². The first-order valence-electron chi connectivity index (χ1n) is 8.56. The van der Waals surface area contributed by atoms with Crippen LogP contribution in [0.2, 0.25) is 10.0 Å². The molecule has 1 aromatic carbocycles. The first-order chi connectivity index (χ1) is 13.8. The maximum absolute atomic E-state index is 11.8.